The summed E-state index contributed by atoms with van der Waals surface area (Å²) in [6.45, 7) is 4.55. The largest absolute Gasteiger partial charge is 0.492 e. The predicted octanol–water partition coefficient (Wildman–Crippen LogP) is 2.92. The van der Waals surface area contributed by atoms with Gasteiger partial charge in [0, 0.05) is 6.07 Å². The van der Waals surface area contributed by atoms with E-state index in [1.54, 1.807) is 0 Å². The first-order chi connectivity index (χ1) is 12.5. The van der Waals surface area contributed by atoms with Crippen LogP contribution < -0.4 is 14.4 Å². The number of nitro groups is 1. The van der Waals surface area contributed by atoms with E-state index in [0.29, 0.717) is 17.4 Å². The van der Waals surface area contributed by atoms with Crippen LogP contribution in [0.4, 0.5) is 11.6 Å². The summed E-state index contributed by atoms with van der Waals surface area (Å²) >= 11 is 0. The summed E-state index contributed by atoms with van der Waals surface area (Å²) in [6.07, 6.45) is 0. The molecule has 3 rings (SSSR count). The number of aromatic nitrogens is 1. The van der Waals surface area contributed by atoms with Crippen LogP contribution in [0.25, 0.3) is 0 Å². The number of nitrogens with zero attached hydrogens (tertiary/aromatic N) is 3. The van der Waals surface area contributed by atoms with E-state index in [1.165, 1.54) is 22.6 Å². The van der Waals surface area contributed by atoms with Crippen molar-refractivity contribution in [2.75, 3.05) is 24.7 Å². The van der Waals surface area contributed by atoms with Gasteiger partial charge in [0.2, 0.25) is 0 Å². The van der Waals surface area contributed by atoms with Crippen LogP contribution in [0.3, 0.4) is 0 Å². The lowest BCUT2D eigenvalue weighted by molar-refractivity contribution is -0.389. The summed E-state index contributed by atoms with van der Waals surface area (Å²) in [5.74, 6) is 0.975. The summed E-state index contributed by atoms with van der Waals surface area (Å²) in [7, 11) is 0. The molecule has 1 aromatic heterocycles. The Hall–Kier alpha value is -3.16. The van der Waals surface area contributed by atoms with Gasteiger partial charge in [-0.1, -0.05) is 26.0 Å². The monoisotopic (exact) mass is 357 g/mol. The quantitative estimate of drug-likeness (QED) is 0.583. The van der Waals surface area contributed by atoms with Crippen LogP contribution >= 0.6 is 0 Å². The Morgan fingerprint density at radius 2 is 2.00 bits per heavy atom. The van der Waals surface area contributed by atoms with Gasteiger partial charge in [0.15, 0.2) is 12.4 Å². The molecule has 0 saturated carbocycles. The van der Waals surface area contributed by atoms with E-state index in [0.717, 1.165) is 0 Å². The van der Waals surface area contributed by atoms with Gasteiger partial charge >= 0.3 is 5.82 Å². The molecule has 8 heteroatoms. The summed E-state index contributed by atoms with van der Waals surface area (Å²) in [5, 5.41) is 10.9. The van der Waals surface area contributed by atoms with Gasteiger partial charge in [-0.05, 0) is 39.6 Å². The first kappa shape index (κ1) is 17.7. The maximum absolute atomic E-state index is 12.1. The topological polar surface area (TPSA) is 94.8 Å². The maximum atomic E-state index is 12.1. The summed E-state index contributed by atoms with van der Waals surface area (Å²) in [4.78, 5) is 27.7. The Morgan fingerprint density at radius 3 is 2.65 bits per heavy atom. The number of pyridine rings is 1. The van der Waals surface area contributed by atoms with Crippen molar-refractivity contribution in [1.82, 2.24) is 4.98 Å². The molecule has 136 valence electrons. The molecule has 0 atom stereocenters. The van der Waals surface area contributed by atoms with Crippen molar-refractivity contribution in [3.63, 3.8) is 0 Å². The zero-order chi connectivity index (χ0) is 18.7. The van der Waals surface area contributed by atoms with Crippen molar-refractivity contribution in [3.05, 3.63) is 52.1 Å². The Morgan fingerprint density at radius 1 is 1.27 bits per heavy atom. The fourth-order valence-electron chi connectivity index (χ4n) is 2.60. The third-order valence-electron chi connectivity index (χ3n) is 4.05. The van der Waals surface area contributed by atoms with Crippen LogP contribution in [0.5, 0.6) is 11.5 Å². The van der Waals surface area contributed by atoms with Gasteiger partial charge in [0.1, 0.15) is 12.4 Å². The highest BCUT2D eigenvalue weighted by atomic mass is 16.6. The molecule has 2 aromatic rings. The number of anilines is 1. The molecule has 0 fully saturated rings. The van der Waals surface area contributed by atoms with Gasteiger partial charge in [-0.25, -0.2) is 0 Å². The Labute approximate surface area is 150 Å². The van der Waals surface area contributed by atoms with Crippen LogP contribution in [0.15, 0.2) is 36.4 Å². The van der Waals surface area contributed by atoms with Crippen LogP contribution in [-0.2, 0) is 4.79 Å². The SMILES string of the molecule is CC(C)c1ccc(OCCN2C(=O)COc3ccc([N+](=O)[O-])nc32)cc1. The molecule has 0 spiro atoms. The molecule has 0 bridgehead atoms. The van der Waals surface area contributed by atoms with Crippen LogP contribution in [-0.4, -0.2) is 35.6 Å². The van der Waals surface area contributed by atoms with Crippen LogP contribution in [0.1, 0.15) is 25.3 Å². The highest BCUT2D eigenvalue weighted by molar-refractivity contribution is 5.96. The third-order valence-corrected chi connectivity index (χ3v) is 4.05. The number of fused-ring (bicyclic) bond motifs is 1. The molecular formula is C18H19N3O5. The van der Waals surface area contributed by atoms with Gasteiger partial charge in [0.25, 0.3) is 11.7 Å². The lowest BCUT2D eigenvalue weighted by Crippen LogP contribution is -2.41. The van der Waals surface area contributed by atoms with Crippen molar-refractivity contribution in [1.29, 1.82) is 0 Å². The molecule has 0 radical (unpaired) electrons. The van der Waals surface area contributed by atoms with E-state index in [2.05, 4.69) is 18.8 Å². The molecule has 0 saturated heterocycles. The van der Waals surface area contributed by atoms with Crippen molar-refractivity contribution in [2.24, 2.45) is 0 Å². The zero-order valence-corrected chi connectivity index (χ0v) is 14.5. The Bertz CT molecular complexity index is 820. The Balaban J connectivity index is 1.69. The number of hydrogen-bond donors (Lipinski definition) is 0. The average Bonchev–Trinajstić information content (AvgIpc) is 2.63. The molecule has 0 N–H and O–H groups in total. The number of amides is 1. The minimum Gasteiger partial charge on any atom is -0.492 e. The lowest BCUT2D eigenvalue weighted by Gasteiger charge is -2.25. The molecule has 0 aliphatic carbocycles. The number of rotatable bonds is 6. The zero-order valence-electron chi connectivity index (χ0n) is 14.5. The number of hydrogen-bond acceptors (Lipinski definition) is 6. The van der Waals surface area contributed by atoms with Crippen molar-refractivity contribution >= 4 is 17.5 Å². The second-order valence-corrected chi connectivity index (χ2v) is 6.15. The average molecular weight is 357 g/mol. The highest BCUT2D eigenvalue weighted by Gasteiger charge is 2.32. The highest BCUT2D eigenvalue weighted by Crippen LogP contribution is 2.31. The summed E-state index contributed by atoms with van der Waals surface area (Å²) < 4.78 is 11.0. The van der Waals surface area contributed by atoms with Crippen molar-refractivity contribution in [3.8, 4) is 11.5 Å². The fraction of sp³-hybridized carbons (Fsp3) is 0.333. The lowest BCUT2D eigenvalue weighted by atomic mass is 10.0. The van der Waals surface area contributed by atoms with E-state index in [-0.39, 0.29) is 37.3 Å². The minimum atomic E-state index is -0.607. The van der Waals surface area contributed by atoms with Gasteiger partial charge in [0.05, 0.1) is 6.54 Å². The maximum Gasteiger partial charge on any atom is 0.366 e. The number of carbonyl (C=O) groups is 1. The number of ether oxygens (including phenoxy) is 2. The molecule has 2 heterocycles. The minimum absolute atomic E-state index is 0.129. The van der Waals surface area contributed by atoms with Crippen molar-refractivity contribution < 1.29 is 19.2 Å². The predicted molar refractivity (Wildman–Crippen MR) is 94.8 cm³/mol. The standard InChI is InChI=1S/C18H19N3O5/c1-12(2)13-3-5-14(6-4-13)25-10-9-20-17(22)11-26-15-7-8-16(21(23)24)19-18(15)20/h3-8,12H,9-11H2,1-2H3. The van der Waals surface area contributed by atoms with Gasteiger partial charge < -0.3 is 19.6 Å². The molecule has 1 aliphatic heterocycles. The van der Waals surface area contributed by atoms with E-state index in [9.17, 15) is 14.9 Å². The van der Waals surface area contributed by atoms with E-state index in [1.807, 2.05) is 24.3 Å². The summed E-state index contributed by atoms with van der Waals surface area (Å²) in [6, 6.07) is 10.5. The molecule has 1 aromatic carbocycles. The molecule has 0 unspecified atom stereocenters. The van der Waals surface area contributed by atoms with E-state index < -0.39 is 4.92 Å². The smallest absolute Gasteiger partial charge is 0.366 e. The van der Waals surface area contributed by atoms with Crippen LogP contribution in [0.2, 0.25) is 0 Å². The first-order valence-corrected chi connectivity index (χ1v) is 8.27. The second kappa shape index (κ2) is 7.38. The summed E-state index contributed by atoms with van der Waals surface area (Å²) in [5.41, 5.74) is 1.21. The molecule has 8 nitrogen and oxygen atoms in total. The van der Waals surface area contributed by atoms with Crippen molar-refractivity contribution in [2.45, 2.75) is 19.8 Å². The van der Waals surface area contributed by atoms with E-state index in [4.69, 9.17) is 9.47 Å². The van der Waals surface area contributed by atoms with Gasteiger partial charge in [-0.3, -0.25) is 9.69 Å². The second-order valence-electron chi connectivity index (χ2n) is 6.15. The molecular weight excluding hydrogens is 338 g/mol. The fourth-order valence-corrected chi connectivity index (χ4v) is 2.60. The first-order valence-electron chi connectivity index (χ1n) is 8.27. The number of carbonyl (C=O) groups excluding carboxylic acids is 1. The van der Waals surface area contributed by atoms with Gasteiger partial charge in [-0.2, -0.15) is 0 Å². The third kappa shape index (κ3) is 3.74. The normalized spacial score (nSPS) is 13.3. The molecule has 26 heavy (non-hydrogen) atoms. The van der Waals surface area contributed by atoms with E-state index >= 15 is 0 Å². The van der Waals surface area contributed by atoms with Gasteiger partial charge in [-0.15, -0.1) is 0 Å². The van der Waals surface area contributed by atoms with Crippen LogP contribution in [0, 0.1) is 10.1 Å². The molecule has 1 aliphatic rings. The molecule has 1 amide bonds. The number of benzene rings is 1. The Kier molecular flexibility index (Phi) is 5.01.